The van der Waals surface area contributed by atoms with Gasteiger partial charge in [0.15, 0.2) is 11.9 Å². The molecule has 2 aliphatic heterocycles. The van der Waals surface area contributed by atoms with Crippen molar-refractivity contribution >= 4 is 23.4 Å². The lowest BCUT2D eigenvalue weighted by molar-refractivity contribution is -0.146. The zero-order valence-electron chi connectivity index (χ0n) is 17.3. The lowest BCUT2D eigenvalue weighted by Gasteiger charge is -2.25. The summed E-state index contributed by atoms with van der Waals surface area (Å²) in [6.45, 7) is 6.12. The molecule has 2 aliphatic rings. The minimum Gasteiger partial charge on any atom is -0.469 e. The number of hydrogen-bond acceptors (Lipinski definition) is 6. The Morgan fingerprint density at radius 2 is 1.96 bits per heavy atom. The molecule has 2 atom stereocenters. The van der Waals surface area contributed by atoms with E-state index in [1.54, 1.807) is 0 Å². The van der Waals surface area contributed by atoms with Crippen molar-refractivity contribution in [2.75, 3.05) is 26.8 Å². The number of nitrogens with zero attached hydrogens (tertiary/aromatic N) is 1. The molecule has 0 radical (unpaired) electrons. The number of carbonyl (C=O) groups is 1. The molecule has 2 rings (SSSR count). The first-order valence-electron chi connectivity index (χ1n) is 10.2. The van der Waals surface area contributed by atoms with Gasteiger partial charge in [-0.25, -0.2) is 0 Å². The fraction of sp³-hybridized carbons (Fsp3) is 0.810. The van der Waals surface area contributed by atoms with Crippen molar-refractivity contribution in [3.63, 3.8) is 0 Å². The molecule has 6 nitrogen and oxygen atoms in total. The zero-order valence-corrected chi connectivity index (χ0v) is 18.1. The van der Waals surface area contributed by atoms with E-state index in [1.807, 2.05) is 13.8 Å². The van der Waals surface area contributed by atoms with Crippen LogP contribution in [-0.2, 0) is 23.7 Å². The Morgan fingerprint density at radius 1 is 1.25 bits per heavy atom. The van der Waals surface area contributed by atoms with Crippen LogP contribution in [0.15, 0.2) is 0 Å². The van der Waals surface area contributed by atoms with Crippen LogP contribution in [0.3, 0.4) is 0 Å². The Balaban J connectivity index is 1.78. The molecule has 2 saturated heterocycles. The molecule has 0 amide bonds. The van der Waals surface area contributed by atoms with Gasteiger partial charge in [0.1, 0.15) is 6.10 Å². The molecule has 2 heterocycles. The third kappa shape index (κ3) is 7.94. The lowest BCUT2D eigenvalue weighted by Crippen LogP contribution is -2.38. The molecule has 0 aromatic carbocycles. The highest BCUT2D eigenvalue weighted by Crippen LogP contribution is 2.26. The lowest BCUT2D eigenvalue weighted by atomic mass is 10.1. The van der Waals surface area contributed by atoms with E-state index in [4.69, 9.17) is 26.4 Å². The number of ether oxygens (including phenoxy) is 4. The Morgan fingerprint density at radius 3 is 2.61 bits per heavy atom. The summed E-state index contributed by atoms with van der Waals surface area (Å²) in [5.74, 6) is 5.66. The third-order valence-electron chi connectivity index (χ3n) is 4.86. The molecule has 7 heteroatoms. The topological polar surface area (TPSA) is 57.2 Å². The average Bonchev–Trinajstić information content (AvgIpc) is 3.32. The van der Waals surface area contributed by atoms with Crippen molar-refractivity contribution in [1.29, 1.82) is 0 Å². The summed E-state index contributed by atoms with van der Waals surface area (Å²) in [5, 5.41) is 0.507. The molecule has 0 bridgehead atoms. The summed E-state index contributed by atoms with van der Waals surface area (Å²) in [6.07, 6.45) is 6.79. The number of rotatable bonds is 8. The number of esters is 1. The van der Waals surface area contributed by atoms with Gasteiger partial charge in [-0.1, -0.05) is 24.7 Å². The monoisotopic (exact) mass is 411 g/mol. The van der Waals surface area contributed by atoms with Gasteiger partial charge in [0.2, 0.25) is 0 Å². The highest BCUT2D eigenvalue weighted by Gasteiger charge is 2.38. The van der Waals surface area contributed by atoms with Gasteiger partial charge in [-0.05, 0) is 51.7 Å². The van der Waals surface area contributed by atoms with Crippen molar-refractivity contribution in [2.45, 2.75) is 83.2 Å². The van der Waals surface area contributed by atoms with Crippen LogP contribution in [0.2, 0.25) is 0 Å². The van der Waals surface area contributed by atoms with Gasteiger partial charge < -0.3 is 23.8 Å². The van der Waals surface area contributed by atoms with Crippen molar-refractivity contribution < 1.29 is 23.7 Å². The van der Waals surface area contributed by atoms with Crippen LogP contribution in [0.5, 0.6) is 0 Å². The number of hydrogen-bond donors (Lipinski definition) is 0. The average molecular weight is 412 g/mol. The summed E-state index contributed by atoms with van der Waals surface area (Å²) >= 11 is 5.46. The normalized spacial score (nSPS) is 21.7. The zero-order chi connectivity index (χ0) is 20.4. The largest absolute Gasteiger partial charge is 0.469 e. The van der Waals surface area contributed by atoms with E-state index in [2.05, 4.69) is 21.5 Å². The van der Waals surface area contributed by atoms with E-state index in [0.717, 1.165) is 58.0 Å². The summed E-state index contributed by atoms with van der Waals surface area (Å²) < 4.78 is 22.3. The summed E-state index contributed by atoms with van der Waals surface area (Å²) in [5.41, 5.74) is 0. The fourth-order valence-corrected chi connectivity index (χ4v) is 3.54. The van der Waals surface area contributed by atoms with E-state index < -0.39 is 11.9 Å². The molecule has 0 aromatic rings. The molecule has 28 heavy (non-hydrogen) atoms. The highest BCUT2D eigenvalue weighted by molar-refractivity contribution is 7.80. The third-order valence-corrected chi connectivity index (χ3v) is 5.22. The summed E-state index contributed by atoms with van der Waals surface area (Å²) in [4.78, 5) is 13.2. The predicted molar refractivity (Wildman–Crippen MR) is 111 cm³/mol. The van der Waals surface area contributed by atoms with Crippen LogP contribution < -0.4 is 0 Å². The number of methoxy groups -OCH3 is 1. The van der Waals surface area contributed by atoms with Crippen LogP contribution in [0, 0.1) is 11.8 Å². The number of thiocarbonyl (C=S) groups is 1. The van der Waals surface area contributed by atoms with Crippen LogP contribution in [-0.4, -0.2) is 60.8 Å². The van der Waals surface area contributed by atoms with Gasteiger partial charge in [-0.2, -0.15) is 0 Å². The minimum atomic E-state index is -0.622. The standard InChI is InChI=1S/C21H33NO5S/c1-21(2)25-16-18(27-21)17(26-20(28)22-14-10-11-15-22)12-8-6-4-5-7-9-13-19(23)24-3/h17-18H,4-7,9-11,13-16H2,1-3H3/t17-,18+/m0/s1. The van der Waals surface area contributed by atoms with Crippen molar-refractivity contribution in [2.24, 2.45) is 0 Å². The first-order chi connectivity index (χ1) is 13.4. The van der Waals surface area contributed by atoms with Crippen LogP contribution in [0.4, 0.5) is 0 Å². The summed E-state index contributed by atoms with van der Waals surface area (Å²) in [6, 6.07) is 0. The van der Waals surface area contributed by atoms with Crippen LogP contribution in [0.25, 0.3) is 0 Å². The Hall–Kier alpha value is -1.36. The Kier molecular flexibility index (Phi) is 9.49. The quantitative estimate of drug-likeness (QED) is 0.262. The van der Waals surface area contributed by atoms with Gasteiger partial charge in [0.05, 0.1) is 13.7 Å². The second-order valence-electron chi connectivity index (χ2n) is 7.68. The number of carbonyl (C=O) groups excluding carboxylic acids is 1. The second kappa shape index (κ2) is 11.6. The van der Waals surface area contributed by atoms with E-state index in [0.29, 0.717) is 18.2 Å². The maximum atomic E-state index is 11.1. The molecule has 0 saturated carbocycles. The van der Waals surface area contributed by atoms with Gasteiger partial charge in [-0.3, -0.25) is 4.79 Å². The van der Waals surface area contributed by atoms with E-state index >= 15 is 0 Å². The van der Waals surface area contributed by atoms with Crippen molar-refractivity contribution in [3.8, 4) is 11.8 Å². The fourth-order valence-electron chi connectivity index (χ4n) is 3.26. The molecule has 0 spiro atoms. The summed E-state index contributed by atoms with van der Waals surface area (Å²) in [7, 11) is 1.42. The van der Waals surface area contributed by atoms with E-state index in [1.165, 1.54) is 7.11 Å². The number of likely N-dealkylation sites (tertiary alicyclic amines) is 1. The minimum absolute atomic E-state index is 0.143. The van der Waals surface area contributed by atoms with Crippen LogP contribution in [0.1, 0.15) is 65.2 Å². The van der Waals surface area contributed by atoms with Gasteiger partial charge in [-0.15, -0.1) is 0 Å². The molecular formula is C21H33NO5S. The second-order valence-corrected chi connectivity index (χ2v) is 8.03. The maximum absolute atomic E-state index is 11.1. The van der Waals surface area contributed by atoms with E-state index in [9.17, 15) is 4.79 Å². The number of unbranched alkanes of at least 4 members (excludes halogenated alkanes) is 4. The molecule has 0 unspecified atom stereocenters. The molecule has 2 fully saturated rings. The van der Waals surface area contributed by atoms with Gasteiger partial charge in [0, 0.05) is 25.9 Å². The highest BCUT2D eigenvalue weighted by atomic mass is 32.1. The Labute approximate surface area is 174 Å². The van der Waals surface area contributed by atoms with Crippen molar-refractivity contribution in [3.05, 3.63) is 0 Å². The predicted octanol–water partition coefficient (Wildman–Crippen LogP) is 3.42. The van der Waals surface area contributed by atoms with Crippen LogP contribution >= 0.6 is 12.2 Å². The smallest absolute Gasteiger partial charge is 0.305 e. The van der Waals surface area contributed by atoms with Gasteiger partial charge >= 0.3 is 5.97 Å². The first kappa shape index (κ1) is 22.9. The first-order valence-corrected chi connectivity index (χ1v) is 10.6. The van der Waals surface area contributed by atoms with E-state index in [-0.39, 0.29) is 12.1 Å². The molecule has 0 aromatic heterocycles. The Bertz CT molecular complexity index is 577. The molecule has 158 valence electrons. The molecule has 0 N–H and O–H groups in total. The molecular weight excluding hydrogens is 378 g/mol. The maximum Gasteiger partial charge on any atom is 0.305 e. The van der Waals surface area contributed by atoms with Crippen molar-refractivity contribution in [1.82, 2.24) is 4.90 Å². The van der Waals surface area contributed by atoms with Gasteiger partial charge in [0.25, 0.3) is 5.17 Å². The SMILES string of the molecule is COC(=O)CCCCCCC#C[C@H](OC(=S)N1CCCC1)[C@H]1COC(C)(C)O1. The molecule has 0 aliphatic carbocycles.